The number of carbonyl (C=O) groups is 2. The standard InChI is InChI=1S/C16H18ClN3O3/c1-10(16(22)23)9-19(3)15(21)14-7-11(2)20(18-14)13-6-4-5-12(17)8-13/h4-8,10H,9H2,1-3H3,(H,22,23). The van der Waals surface area contributed by atoms with Crippen molar-refractivity contribution in [2.75, 3.05) is 13.6 Å². The van der Waals surface area contributed by atoms with E-state index < -0.39 is 11.9 Å². The Bertz CT molecular complexity index is 742. The van der Waals surface area contributed by atoms with Gasteiger partial charge in [-0.3, -0.25) is 9.59 Å². The minimum Gasteiger partial charge on any atom is -0.481 e. The fraction of sp³-hybridized carbons (Fsp3) is 0.312. The van der Waals surface area contributed by atoms with E-state index in [0.29, 0.717) is 5.02 Å². The molecule has 0 aliphatic heterocycles. The maximum atomic E-state index is 12.4. The molecule has 6 nitrogen and oxygen atoms in total. The highest BCUT2D eigenvalue weighted by atomic mass is 35.5. The number of rotatable bonds is 5. The molecule has 23 heavy (non-hydrogen) atoms. The zero-order valence-corrected chi connectivity index (χ0v) is 13.9. The van der Waals surface area contributed by atoms with Crippen LogP contribution in [0.3, 0.4) is 0 Å². The van der Waals surface area contributed by atoms with Gasteiger partial charge in [-0.15, -0.1) is 0 Å². The summed E-state index contributed by atoms with van der Waals surface area (Å²) in [4.78, 5) is 24.7. The Morgan fingerprint density at radius 1 is 1.39 bits per heavy atom. The highest BCUT2D eigenvalue weighted by Gasteiger charge is 2.21. The van der Waals surface area contributed by atoms with E-state index in [1.807, 2.05) is 13.0 Å². The van der Waals surface area contributed by atoms with Crippen molar-refractivity contribution >= 4 is 23.5 Å². The van der Waals surface area contributed by atoms with Gasteiger partial charge in [-0.2, -0.15) is 5.10 Å². The molecule has 2 rings (SSSR count). The van der Waals surface area contributed by atoms with Crippen molar-refractivity contribution in [3.8, 4) is 5.69 Å². The van der Waals surface area contributed by atoms with Crippen LogP contribution in [0.5, 0.6) is 0 Å². The Hall–Kier alpha value is -2.34. The van der Waals surface area contributed by atoms with Crippen LogP contribution < -0.4 is 0 Å². The second kappa shape index (κ2) is 6.83. The van der Waals surface area contributed by atoms with Gasteiger partial charge < -0.3 is 10.0 Å². The Morgan fingerprint density at radius 2 is 2.09 bits per heavy atom. The number of carbonyl (C=O) groups excluding carboxylic acids is 1. The molecule has 0 bridgehead atoms. The molecule has 1 unspecified atom stereocenters. The van der Waals surface area contributed by atoms with Gasteiger partial charge in [-0.1, -0.05) is 24.6 Å². The van der Waals surface area contributed by atoms with Gasteiger partial charge in [0.15, 0.2) is 5.69 Å². The van der Waals surface area contributed by atoms with Gasteiger partial charge in [-0.25, -0.2) is 4.68 Å². The van der Waals surface area contributed by atoms with Crippen LogP contribution in [0, 0.1) is 12.8 Å². The summed E-state index contributed by atoms with van der Waals surface area (Å²) in [7, 11) is 1.56. The van der Waals surface area contributed by atoms with Crippen molar-refractivity contribution in [2.24, 2.45) is 5.92 Å². The fourth-order valence-corrected chi connectivity index (χ4v) is 2.40. The number of halogens is 1. The van der Waals surface area contributed by atoms with E-state index in [-0.39, 0.29) is 18.1 Å². The number of carboxylic acids is 1. The Morgan fingerprint density at radius 3 is 2.70 bits per heavy atom. The molecule has 1 N–H and O–H groups in total. The molecule has 1 amide bonds. The summed E-state index contributed by atoms with van der Waals surface area (Å²) in [6.07, 6.45) is 0. The first-order chi connectivity index (χ1) is 10.8. The summed E-state index contributed by atoms with van der Waals surface area (Å²) < 4.78 is 1.63. The first-order valence-electron chi connectivity index (χ1n) is 7.10. The predicted molar refractivity (Wildman–Crippen MR) is 87.1 cm³/mol. The van der Waals surface area contributed by atoms with E-state index in [0.717, 1.165) is 11.4 Å². The van der Waals surface area contributed by atoms with Gasteiger partial charge in [0.05, 0.1) is 11.6 Å². The lowest BCUT2D eigenvalue weighted by Crippen LogP contribution is -2.34. The highest BCUT2D eigenvalue weighted by Crippen LogP contribution is 2.17. The molecule has 122 valence electrons. The Labute approximate surface area is 139 Å². The number of aryl methyl sites for hydroxylation is 1. The van der Waals surface area contributed by atoms with Gasteiger partial charge in [-0.05, 0) is 31.2 Å². The predicted octanol–water partition coefficient (Wildman–Crippen LogP) is 2.63. The van der Waals surface area contributed by atoms with E-state index in [1.54, 1.807) is 42.9 Å². The third-order valence-corrected chi connectivity index (χ3v) is 3.71. The first-order valence-corrected chi connectivity index (χ1v) is 7.48. The molecule has 0 aliphatic rings. The molecule has 0 saturated carbocycles. The van der Waals surface area contributed by atoms with Crippen LogP contribution in [-0.2, 0) is 4.79 Å². The third-order valence-electron chi connectivity index (χ3n) is 3.48. The lowest BCUT2D eigenvalue weighted by atomic mass is 10.1. The zero-order chi connectivity index (χ0) is 17.1. The number of hydrogen-bond acceptors (Lipinski definition) is 3. The number of hydrogen-bond donors (Lipinski definition) is 1. The van der Waals surface area contributed by atoms with Crippen LogP contribution in [0.1, 0.15) is 23.1 Å². The second-order valence-corrected chi connectivity index (χ2v) is 5.92. The SMILES string of the molecule is Cc1cc(C(=O)N(C)CC(C)C(=O)O)nn1-c1cccc(Cl)c1. The molecule has 0 aliphatic carbocycles. The summed E-state index contributed by atoms with van der Waals surface area (Å²) in [5.74, 6) is -1.90. The lowest BCUT2D eigenvalue weighted by molar-refractivity contribution is -0.141. The monoisotopic (exact) mass is 335 g/mol. The van der Waals surface area contributed by atoms with Crippen molar-refractivity contribution in [1.29, 1.82) is 0 Å². The zero-order valence-electron chi connectivity index (χ0n) is 13.2. The van der Waals surface area contributed by atoms with E-state index in [2.05, 4.69) is 5.10 Å². The lowest BCUT2D eigenvalue weighted by Gasteiger charge is -2.18. The van der Waals surface area contributed by atoms with Crippen LogP contribution in [0.4, 0.5) is 0 Å². The third kappa shape index (κ3) is 3.90. The Balaban J connectivity index is 2.23. The maximum Gasteiger partial charge on any atom is 0.308 e. The van der Waals surface area contributed by atoms with Crippen molar-refractivity contribution in [3.05, 3.63) is 46.7 Å². The van der Waals surface area contributed by atoms with Crippen LogP contribution in [0.25, 0.3) is 5.69 Å². The number of aliphatic carboxylic acids is 1. The summed E-state index contributed by atoms with van der Waals surface area (Å²) in [5.41, 5.74) is 1.81. The Kier molecular flexibility index (Phi) is 5.05. The molecule has 1 atom stereocenters. The largest absolute Gasteiger partial charge is 0.481 e. The summed E-state index contributed by atoms with van der Waals surface area (Å²) in [6, 6.07) is 8.84. The number of amides is 1. The smallest absolute Gasteiger partial charge is 0.308 e. The number of benzene rings is 1. The molecule has 1 heterocycles. The van der Waals surface area contributed by atoms with Crippen molar-refractivity contribution in [2.45, 2.75) is 13.8 Å². The van der Waals surface area contributed by atoms with Crippen LogP contribution in [0.15, 0.2) is 30.3 Å². The summed E-state index contributed by atoms with van der Waals surface area (Å²) >= 11 is 5.98. The average Bonchev–Trinajstić information content (AvgIpc) is 2.88. The fourth-order valence-electron chi connectivity index (χ4n) is 2.22. The van der Waals surface area contributed by atoms with Gasteiger partial charge in [0, 0.05) is 24.3 Å². The van der Waals surface area contributed by atoms with E-state index >= 15 is 0 Å². The van der Waals surface area contributed by atoms with E-state index in [1.165, 1.54) is 4.90 Å². The maximum absolute atomic E-state index is 12.4. The highest BCUT2D eigenvalue weighted by molar-refractivity contribution is 6.30. The summed E-state index contributed by atoms with van der Waals surface area (Å²) in [5, 5.41) is 13.8. The molecule has 1 aromatic heterocycles. The quantitative estimate of drug-likeness (QED) is 0.911. The number of nitrogens with zero attached hydrogens (tertiary/aromatic N) is 3. The van der Waals surface area contributed by atoms with Gasteiger partial charge in [0.2, 0.25) is 0 Å². The van der Waals surface area contributed by atoms with Gasteiger partial charge in [0.25, 0.3) is 5.91 Å². The van der Waals surface area contributed by atoms with E-state index in [9.17, 15) is 9.59 Å². The topological polar surface area (TPSA) is 75.4 Å². The molecule has 0 radical (unpaired) electrons. The van der Waals surface area contributed by atoms with Crippen LogP contribution in [0.2, 0.25) is 5.02 Å². The second-order valence-electron chi connectivity index (χ2n) is 5.49. The van der Waals surface area contributed by atoms with E-state index in [4.69, 9.17) is 16.7 Å². The molecule has 0 fully saturated rings. The number of aromatic nitrogens is 2. The molecular weight excluding hydrogens is 318 g/mol. The van der Waals surface area contributed by atoms with Gasteiger partial charge >= 0.3 is 5.97 Å². The minimum atomic E-state index is -0.940. The van der Waals surface area contributed by atoms with Crippen molar-refractivity contribution in [1.82, 2.24) is 14.7 Å². The van der Waals surface area contributed by atoms with Crippen molar-refractivity contribution in [3.63, 3.8) is 0 Å². The minimum absolute atomic E-state index is 0.122. The molecule has 0 saturated heterocycles. The van der Waals surface area contributed by atoms with Crippen molar-refractivity contribution < 1.29 is 14.7 Å². The molecule has 7 heteroatoms. The first kappa shape index (κ1) is 17.0. The number of carboxylic acid groups (broad SMARTS) is 1. The molecular formula is C16H18ClN3O3. The molecule has 1 aromatic carbocycles. The normalized spacial score (nSPS) is 12.0. The van der Waals surface area contributed by atoms with Crippen LogP contribution >= 0.6 is 11.6 Å². The molecule has 0 spiro atoms. The molecule has 2 aromatic rings. The average molecular weight is 336 g/mol. The van der Waals surface area contributed by atoms with Crippen LogP contribution in [-0.4, -0.2) is 45.3 Å². The summed E-state index contributed by atoms with van der Waals surface area (Å²) in [6.45, 7) is 3.52. The van der Waals surface area contributed by atoms with Gasteiger partial charge in [0.1, 0.15) is 0 Å².